The molecule has 1 N–H and O–H groups in total. The van der Waals surface area contributed by atoms with Crippen LogP contribution in [0.3, 0.4) is 0 Å². The summed E-state index contributed by atoms with van der Waals surface area (Å²) in [6.07, 6.45) is 2.55. The molecule has 1 aromatic heterocycles. The number of rotatable bonds is 4. The quantitative estimate of drug-likeness (QED) is 0.636. The second-order valence-corrected chi connectivity index (χ2v) is 6.90. The van der Waals surface area contributed by atoms with Gasteiger partial charge in [0.2, 0.25) is 0 Å². The highest BCUT2D eigenvalue weighted by Crippen LogP contribution is 2.29. The molecule has 2 rings (SSSR count). The summed E-state index contributed by atoms with van der Waals surface area (Å²) in [4.78, 5) is 13.8. The van der Waals surface area contributed by atoms with Crippen LogP contribution in [0.15, 0.2) is 46.0 Å². The Balaban J connectivity index is 2.46. The molecule has 21 heavy (non-hydrogen) atoms. The van der Waals surface area contributed by atoms with Crippen LogP contribution in [0, 0.1) is 10.1 Å². The number of benzene rings is 1. The molecule has 7 nitrogen and oxygen atoms in total. The fourth-order valence-electron chi connectivity index (χ4n) is 1.49. The highest BCUT2D eigenvalue weighted by molar-refractivity contribution is 9.10. The third kappa shape index (κ3) is 3.69. The predicted octanol–water partition coefficient (Wildman–Crippen LogP) is 3.21. The lowest BCUT2D eigenvalue weighted by molar-refractivity contribution is -0.383. The largest absolute Gasteiger partial charge is 0.293 e. The van der Waals surface area contributed by atoms with Crippen LogP contribution in [0.25, 0.3) is 0 Å². The lowest BCUT2D eigenvalue weighted by Crippen LogP contribution is -2.14. The van der Waals surface area contributed by atoms with Crippen molar-refractivity contribution in [2.24, 2.45) is 0 Å². The molecule has 0 bridgehead atoms. The highest BCUT2D eigenvalue weighted by Gasteiger charge is 2.21. The molecule has 0 spiro atoms. The number of nitrogens with zero attached hydrogens (tertiary/aromatic N) is 2. The van der Waals surface area contributed by atoms with Crippen molar-refractivity contribution in [2.45, 2.75) is 4.90 Å². The number of nitro groups is 1. The van der Waals surface area contributed by atoms with Gasteiger partial charge >= 0.3 is 0 Å². The Hall–Kier alpha value is -1.71. The third-order valence-corrected chi connectivity index (χ3v) is 4.39. The lowest BCUT2D eigenvalue weighted by Gasteiger charge is -2.08. The van der Waals surface area contributed by atoms with Gasteiger partial charge in [-0.2, -0.15) is 0 Å². The fraction of sp³-hybridized carbons (Fsp3) is 0. The normalized spacial score (nSPS) is 11.1. The van der Waals surface area contributed by atoms with Gasteiger partial charge in [0.25, 0.3) is 15.7 Å². The minimum absolute atomic E-state index is 0.133. The Labute approximate surface area is 133 Å². The number of halogens is 2. The summed E-state index contributed by atoms with van der Waals surface area (Å²) in [6, 6.07) is 4.92. The monoisotopic (exact) mass is 391 g/mol. The first kappa shape index (κ1) is 15.7. The second-order valence-electron chi connectivity index (χ2n) is 3.86. The van der Waals surface area contributed by atoms with E-state index >= 15 is 0 Å². The van der Waals surface area contributed by atoms with Crippen LogP contribution in [-0.4, -0.2) is 18.3 Å². The minimum Gasteiger partial charge on any atom is -0.273 e. The van der Waals surface area contributed by atoms with Gasteiger partial charge in [-0.15, -0.1) is 0 Å². The summed E-state index contributed by atoms with van der Waals surface area (Å²) >= 11 is 8.85. The van der Waals surface area contributed by atoms with Crippen LogP contribution < -0.4 is 4.72 Å². The van der Waals surface area contributed by atoms with E-state index in [1.807, 2.05) is 0 Å². The summed E-state index contributed by atoms with van der Waals surface area (Å²) < 4.78 is 27.0. The summed E-state index contributed by atoms with van der Waals surface area (Å²) in [7, 11) is -4.01. The predicted molar refractivity (Wildman–Crippen MR) is 80.9 cm³/mol. The van der Waals surface area contributed by atoms with Crippen LogP contribution in [0.1, 0.15) is 0 Å². The standard InChI is InChI=1S/C11H7BrClN3O4S/c12-7-3-9(6-14-5-7)21(19,20)15-10-4-8(13)1-2-11(10)16(17)18/h1-6,15H. The van der Waals surface area contributed by atoms with Gasteiger partial charge in [-0.25, -0.2) is 8.42 Å². The molecule has 2 aromatic rings. The molecule has 0 aliphatic heterocycles. The number of anilines is 1. The fourth-order valence-corrected chi connectivity index (χ4v) is 3.23. The molecular weight excluding hydrogens is 386 g/mol. The lowest BCUT2D eigenvalue weighted by atomic mass is 10.3. The van der Waals surface area contributed by atoms with Gasteiger partial charge in [-0.3, -0.25) is 19.8 Å². The van der Waals surface area contributed by atoms with E-state index in [0.717, 1.165) is 12.3 Å². The first-order valence-electron chi connectivity index (χ1n) is 5.37. The van der Waals surface area contributed by atoms with Gasteiger partial charge in [0.1, 0.15) is 10.6 Å². The molecule has 0 unspecified atom stereocenters. The SMILES string of the molecule is O=[N+]([O-])c1ccc(Cl)cc1NS(=O)(=O)c1cncc(Br)c1. The van der Waals surface area contributed by atoms with Crippen molar-refractivity contribution in [3.63, 3.8) is 0 Å². The van der Waals surface area contributed by atoms with Crippen LogP contribution >= 0.6 is 27.5 Å². The molecule has 0 aliphatic carbocycles. The first-order chi connectivity index (χ1) is 9.79. The smallest absolute Gasteiger partial charge is 0.273 e. The molecular formula is C11H7BrClN3O4S. The van der Waals surface area contributed by atoms with Crippen molar-refractivity contribution in [1.82, 2.24) is 4.98 Å². The summed E-state index contributed by atoms with van der Waals surface area (Å²) in [6.45, 7) is 0. The molecule has 0 radical (unpaired) electrons. The molecule has 10 heteroatoms. The van der Waals surface area contributed by atoms with Crippen LogP contribution in [0.5, 0.6) is 0 Å². The summed E-state index contributed by atoms with van der Waals surface area (Å²) in [5, 5.41) is 11.1. The van der Waals surface area contributed by atoms with E-state index in [1.54, 1.807) is 0 Å². The zero-order valence-corrected chi connectivity index (χ0v) is 13.3. The average molecular weight is 393 g/mol. The van der Waals surface area contributed by atoms with Gasteiger partial charge in [0.15, 0.2) is 0 Å². The Morgan fingerprint density at radius 2 is 2.00 bits per heavy atom. The molecule has 0 saturated carbocycles. The van der Waals surface area contributed by atoms with E-state index in [4.69, 9.17) is 11.6 Å². The van der Waals surface area contributed by atoms with Crippen molar-refractivity contribution in [3.8, 4) is 0 Å². The van der Waals surface area contributed by atoms with E-state index in [9.17, 15) is 18.5 Å². The number of hydrogen-bond donors (Lipinski definition) is 1. The van der Waals surface area contributed by atoms with Gasteiger partial charge in [-0.1, -0.05) is 11.6 Å². The summed E-state index contributed by atoms with van der Waals surface area (Å²) in [5.74, 6) is 0. The van der Waals surface area contributed by atoms with Gasteiger partial charge in [0, 0.05) is 28.0 Å². The number of nitro benzene ring substituents is 1. The number of nitrogens with one attached hydrogen (secondary N) is 1. The zero-order chi connectivity index (χ0) is 15.6. The van der Waals surface area contributed by atoms with Crippen LogP contribution in [0.4, 0.5) is 11.4 Å². The maximum absolute atomic E-state index is 12.2. The van der Waals surface area contributed by atoms with E-state index in [-0.39, 0.29) is 15.6 Å². The van der Waals surface area contributed by atoms with Gasteiger partial charge in [-0.05, 0) is 34.1 Å². The van der Waals surface area contributed by atoms with Crippen molar-refractivity contribution < 1.29 is 13.3 Å². The minimum atomic E-state index is -4.01. The molecule has 110 valence electrons. The van der Waals surface area contributed by atoms with Gasteiger partial charge in [0.05, 0.1) is 4.92 Å². The number of aromatic nitrogens is 1. The Morgan fingerprint density at radius 1 is 1.29 bits per heavy atom. The zero-order valence-electron chi connectivity index (χ0n) is 10.2. The number of pyridine rings is 1. The molecule has 0 amide bonds. The van der Waals surface area contributed by atoms with E-state index in [2.05, 4.69) is 25.6 Å². The molecule has 0 atom stereocenters. The van der Waals surface area contributed by atoms with Crippen LogP contribution in [-0.2, 0) is 10.0 Å². The molecule has 0 saturated heterocycles. The van der Waals surface area contributed by atoms with Crippen LogP contribution in [0.2, 0.25) is 5.02 Å². The Morgan fingerprint density at radius 3 is 2.62 bits per heavy atom. The summed E-state index contributed by atoms with van der Waals surface area (Å²) in [5.41, 5.74) is -0.613. The molecule has 0 fully saturated rings. The first-order valence-corrected chi connectivity index (χ1v) is 8.02. The highest BCUT2D eigenvalue weighted by atomic mass is 79.9. The van der Waals surface area contributed by atoms with E-state index in [0.29, 0.717) is 4.47 Å². The van der Waals surface area contributed by atoms with Gasteiger partial charge < -0.3 is 0 Å². The molecule has 0 aliphatic rings. The average Bonchev–Trinajstić information content (AvgIpc) is 2.38. The Kier molecular flexibility index (Phi) is 4.45. The maximum atomic E-state index is 12.2. The van der Waals surface area contributed by atoms with Crippen molar-refractivity contribution in [1.29, 1.82) is 0 Å². The third-order valence-electron chi connectivity index (χ3n) is 2.39. The van der Waals surface area contributed by atoms with Crippen molar-refractivity contribution >= 4 is 48.9 Å². The second kappa shape index (κ2) is 5.96. The molecule has 1 heterocycles. The van der Waals surface area contributed by atoms with E-state index in [1.165, 1.54) is 24.4 Å². The van der Waals surface area contributed by atoms with Crippen molar-refractivity contribution in [2.75, 3.05) is 4.72 Å². The molecule has 1 aromatic carbocycles. The topological polar surface area (TPSA) is 102 Å². The number of sulfonamides is 1. The maximum Gasteiger partial charge on any atom is 0.293 e. The van der Waals surface area contributed by atoms with Crippen molar-refractivity contribution in [3.05, 3.63) is 56.3 Å². The van der Waals surface area contributed by atoms with E-state index < -0.39 is 20.6 Å². The number of hydrogen-bond acceptors (Lipinski definition) is 5. The Bertz CT molecular complexity index is 813.